The van der Waals surface area contributed by atoms with Gasteiger partial charge in [-0.3, -0.25) is 9.59 Å². The molecular weight excluding hydrogens is 516 g/mol. The number of amides is 1. The number of aryl methyl sites for hydroxylation is 2. The van der Waals surface area contributed by atoms with Crippen molar-refractivity contribution < 1.29 is 28.9 Å². The minimum atomic E-state index is -0.807. The molecule has 204 valence electrons. The lowest BCUT2D eigenvalue weighted by atomic mass is 9.94. The Morgan fingerprint density at radius 2 is 1.95 bits per heavy atom. The van der Waals surface area contributed by atoms with Crippen molar-refractivity contribution in [3.63, 3.8) is 0 Å². The van der Waals surface area contributed by atoms with Crippen LogP contribution in [0.1, 0.15) is 57.3 Å². The molecule has 2 aliphatic rings. The summed E-state index contributed by atoms with van der Waals surface area (Å²) in [6.45, 7) is 7.13. The molecule has 39 heavy (non-hydrogen) atoms. The Hall–Kier alpha value is -3.69. The number of Topliss-reactive ketones (excluding diaryl/α,β-unsaturated/α-hetero) is 1. The zero-order valence-electron chi connectivity index (χ0n) is 22.3. The van der Waals surface area contributed by atoms with Crippen LogP contribution in [0, 0.1) is 13.8 Å². The smallest absolute Gasteiger partial charge is 0.290 e. The standard InChI is InChI=1S/C30H32N2O6S/c1-4-36-24-15-21(12-13-23(24)38-17-20-9-6-5-7-10-20)26-25(27(33)29-18(2)31-19(3)39-29)28(34)30(35)32(26)16-22-11-8-14-37-22/h5-7,9-10,12-13,15,22,26,34H,4,8,11,14,16-17H2,1-3H3. The lowest BCUT2D eigenvalue weighted by Crippen LogP contribution is -2.37. The van der Waals surface area contributed by atoms with Gasteiger partial charge in [0.05, 0.1) is 39.9 Å². The normalized spacial score (nSPS) is 19.2. The molecule has 5 rings (SSSR count). The van der Waals surface area contributed by atoms with E-state index in [0.29, 0.717) is 47.5 Å². The van der Waals surface area contributed by atoms with Crippen LogP contribution >= 0.6 is 11.3 Å². The van der Waals surface area contributed by atoms with Crippen LogP contribution in [0.2, 0.25) is 0 Å². The molecular formula is C30H32N2O6S. The van der Waals surface area contributed by atoms with Gasteiger partial charge in [-0.2, -0.15) is 0 Å². The van der Waals surface area contributed by atoms with E-state index in [-0.39, 0.29) is 18.2 Å². The Morgan fingerprint density at radius 1 is 1.15 bits per heavy atom. The number of hydrogen-bond acceptors (Lipinski definition) is 8. The molecule has 0 spiro atoms. The van der Waals surface area contributed by atoms with Gasteiger partial charge in [0.2, 0.25) is 5.78 Å². The Morgan fingerprint density at radius 3 is 2.62 bits per heavy atom. The highest BCUT2D eigenvalue weighted by atomic mass is 32.1. The number of carbonyl (C=O) groups excluding carboxylic acids is 2. The van der Waals surface area contributed by atoms with Crippen LogP contribution in [0.5, 0.6) is 11.5 Å². The number of rotatable bonds is 10. The molecule has 1 saturated heterocycles. The number of benzene rings is 2. The van der Waals surface area contributed by atoms with Gasteiger partial charge in [-0.1, -0.05) is 36.4 Å². The summed E-state index contributed by atoms with van der Waals surface area (Å²) in [6.07, 6.45) is 1.56. The molecule has 2 aromatic carbocycles. The van der Waals surface area contributed by atoms with Gasteiger partial charge in [-0.15, -0.1) is 11.3 Å². The minimum Gasteiger partial charge on any atom is -0.503 e. The molecule has 2 atom stereocenters. The maximum absolute atomic E-state index is 13.8. The first-order valence-electron chi connectivity index (χ1n) is 13.1. The molecule has 1 aromatic heterocycles. The van der Waals surface area contributed by atoms with Gasteiger partial charge in [0.1, 0.15) is 6.61 Å². The highest BCUT2D eigenvalue weighted by Crippen LogP contribution is 2.43. The van der Waals surface area contributed by atoms with Crippen LogP contribution < -0.4 is 9.47 Å². The number of nitrogens with zero attached hydrogens (tertiary/aromatic N) is 2. The SMILES string of the molecule is CCOc1cc(C2C(C(=O)c3sc(C)nc3C)=C(O)C(=O)N2CC2CCCO2)ccc1OCc1ccccc1. The van der Waals surface area contributed by atoms with Gasteiger partial charge in [-0.25, -0.2) is 4.98 Å². The Labute approximate surface area is 231 Å². The van der Waals surface area contributed by atoms with Gasteiger partial charge in [0.25, 0.3) is 5.91 Å². The molecule has 0 aliphatic carbocycles. The number of thiazole rings is 1. The van der Waals surface area contributed by atoms with Crippen LogP contribution in [0.4, 0.5) is 0 Å². The summed E-state index contributed by atoms with van der Waals surface area (Å²) < 4.78 is 17.8. The Balaban J connectivity index is 1.53. The van der Waals surface area contributed by atoms with Gasteiger partial charge in [0, 0.05) is 13.2 Å². The zero-order chi connectivity index (χ0) is 27.5. The van der Waals surface area contributed by atoms with Crippen LogP contribution in [-0.2, 0) is 16.1 Å². The predicted molar refractivity (Wildman–Crippen MR) is 147 cm³/mol. The Kier molecular flexibility index (Phi) is 7.99. The Bertz CT molecular complexity index is 1390. The minimum absolute atomic E-state index is 0.0464. The topological polar surface area (TPSA) is 98.2 Å². The summed E-state index contributed by atoms with van der Waals surface area (Å²) in [5, 5.41) is 11.8. The highest BCUT2D eigenvalue weighted by Gasteiger charge is 2.45. The van der Waals surface area contributed by atoms with Crippen molar-refractivity contribution >= 4 is 23.0 Å². The number of aliphatic hydroxyl groups excluding tert-OH is 1. The fourth-order valence-electron chi connectivity index (χ4n) is 5.11. The second kappa shape index (κ2) is 11.6. The van der Waals surface area contributed by atoms with Crippen LogP contribution in [0.15, 0.2) is 59.9 Å². The zero-order valence-corrected chi connectivity index (χ0v) is 23.1. The monoisotopic (exact) mass is 548 g/mol. The maximum Gasteiger partial charge on any atom is 0.290 e. The first kappa shape index (κ1) is 26.9. The summed E-state index contributed by atoms with van der Waals surface area (Å²) in [5.74, 6) is -0.463. The third kappa shape index (κ3) is 5.55. The quantitative estimate of drug-likeness (QED) is 0.334. The van der Waals surface area contributed by atoms with Gasteiger partial charge in [0.15, 0.2) is 17.3 Å². The molecule has 9 heteroatoms. The molecule has 1 amide bonds. The number of aromatic nitrogens is 1. The average Bonchev–Trinajstić information content (AvgIpc) is 3.63. The third-order valence-electron chi connectivity index (χ3n) is 6.90. The van der Waals surface area contributed by atoms with E-state index >= 15 is 0 Å². The molecule has 0 bridgehead atoms. The van der Waals surface area contributed by atoms with Gasteiger partial charge in [-0.05, 0) is 56.9 Å². The molecule has 8 nitrogen and oxygen atoms in total. The van der Waals surface area contributed by atoms with Crippen LogP contribution in [0.3, 0.4) is 0 Å². The third-order valence-corrected chi connectivity index (χ3v) is 7.97. The molecule has 2 unspecified atom stereocenters. The van der Waals surface area contributed by atoms with Crippen molar-refractivity contribution in [3.8, 4) is 11.5 Å². The second-order valence-corrected chi connectivity index (χ2v) is 10.9. The fourth-order valence-corrected chi connectivity index (χ4v) is 5.98. The van der Waals surface area contributed by atoms with E-state index < -0.39 is 23.5 Å². The summed E-state index contributed by atoms with van der Waals surface area (Å²) in [4.78, 5) is 33.6. The number of ether oxygens (including phenoxy) is 3. The lowest BCUT2D eigenvalue weighted by molar-refractivity contribution is -0.131. The van der Waals surface area contributed by atoms with Crippen LogP contribution in [-0.4, -0.2) is 52.5 Å². The lowest BCUT2D eigenvalue weighted by Gasteiger charge is -2.29. The van der Waals surface area contributed by atoms with Gasteiger partial charge < -0.3 is 24.2 Å². The van der Waals surface area contributed by atoms with E-state index in [2.05, 4.69) is 4.98 Å². The van der Waals surface area contributed by atoms with E-state index in [4.69, 9.17) is 14.2 Å². The van der Waals surface area contributed by atoms with Crippen molar-refractivity contribution in [2.45, 2.75) is 52.4 Å². The predicted octanol–water partition coefficient (Wildman–Crippen LogP) is 5.49. The molecule has 3 aromatic rings. The van der Waals surface area contributed by atoms with Crippen molar-refractivity contribution in [2.24, 2.45) is 0 Å². The maximum atomic E-state index is 13.8. The number of carbonyl (C=O) groups is 2. The van der Waals surface area contributed by atoms with E-state index in [1.165, 1.54) is 16.2 Å². The first-order valence-corrected chi connectivity index (χ1v) is 14.0. The summed E-state index contributed by atoms with van der Waals surface area (Å²) in [5.41, 5.74) is 2.28. The summed E-state index contributed by atoms with van der Waals surface area (Å²) in [6, 6.07) is 14.4. The molecule has 1 fully saturated rings. The molecule has 1 N–H and O–H groups in total. The van der Waals surface area contributed by atoms with E-state index in [1.807, 2.05) is 50.2 Å². The largest absolute Gasteiger partial charge is 0.503 e. The fraction of sp³-hybridized carbons (Fsp3) is 0.367. The average molecular weight is 549 g/mol. The van der Waals surface area contributed by atoms with Crippen molar-refractivity contribution in [1.82, 2.24) is 9.88 Å². The van der Waals surface area contributed by atoms with E-state index in [9.17, 15) is 14.7 Å². The van der Waals surface area contributed by atoms with E-state index in [1.54, 1.807) is 19.1 Å². The molecule has 2 aliphatic heterocycles. The van der Waals surface area contributed by atoms with E-state index in [0.717, 1.165) is 23.4 Å². The second-order valence-electron chi connectivity index (χ2n) is 9.65. The summed E-state index contributed by atoms with van der Waals surface area (Å²) >= 11 is 1.26. The summed E-state index contributed by atoms with van der Waals surface area (Å²) in [7, 11) is 0. The first-order chi connectivity index (χ1) is 18.9. The number of hydrogen-bond donors (Lipinski definition) is 1. The molecule has 0 radical (unpaired) electrons. The van der Waals surface area contributed by atoms with Crippen LogP contribution in [0.25, 0.3) is 0 Å². The molecule has 0 saturated carbocycles. The van der Waals surface area contributed by atoms with Crippen molar-refractivity contribution in [1.29, 1.82) is 0 Å². The van der Waals surface area contributed by atoms with Crippen molar-refractivity contribution in [3.05, 3.63) is 86.6 Å². The molecule has 3 heterocycles. The van der Waals surface area contributed by atoms with Crippen molar-refractivity contribution in [2.75, 3.05) is 19.8 Å². The highest BCUT2D eigenvalue weighted by molar-refractivity contribution is 7.14. The van der Waals surface area contributed by atoms with Gasteiger partial charge >= 0.3 is 0 Å². The number of aliphatic hydroxyl groups is 1. The number of ketones is 1.